The molecule has 0 radical (unpaired) electrons. The summed E-state index contributed by atoms with van der Waals surface area (Å²) in [5, 5.41) is 93.8. The Morgan fingerprint density at radius 2 is 1.27 bits per heavy atom. The second kappa shape index (κ2) is 13.9. The maximum absolute atomic E-state index is 12.1. The zero-order valence-electron chi connectivity index (χ0n) is 21.8. The standard InChI is InChI=1S/C22H35NO18/c1-5(26)23-9-15(11(29)8(4-25)37-20(9)35)39-22-14(32)16(17(36-6(2)27)18(41-22)19(33)34)40-21-13(31)12(30)10(28)7(3-24)38-21/h7-18,20-22,24-25,28-32,35H,3-4H2,1-2H3,(H,23,26)(H,33,34)/t7-,8-,9-,10+,11+,12+,13-,14-,15-,16-,17-,18+,20-,21-,22+/m1/s1. The predicted octanol–water partition coefficient (Wildman–Crippen LogP) is -6.77. The van der Waals surface area contributed by atoms with Crippen molar-refractivity contribution in [2.75, 3.05) is 13.2 Å². The van der Waals surface area contributed by atoms with Gasteiger partial charge in [-0.1, -0.05) is 0 Å². The first-order valence-electron chi connectivity index (χ1n) is 12.5. The minimum absolute atomic E-state index is 0.715. The third kappa shape index (κ3) is 7.28. The van der Waals surface area contributed by atoms with E-state index in [0.717, 1.165) is 13.8 Å². The summed E-state index contributed by atoms with van der Waals surface area (Å²) in [5.74, 6) is -3.51. The lowest BCUT2D eigenvalue weighted by molar-refractivity contribution is -0.369. The van der Waals surface area contributed by atoms with Crippen molar-refractivity contribution in [1.82, 2.24) is 5.32 Å². The summed E-state index contributed by atoms with van der Waals surface area (Å²) in [7, 11) is 0. The number of nitrogens with one attached hydrogen (secondary N) is 1. The molecule has 10 N–H and O–H groups in total. The minimum Gasteiger partial charge on any atom is -0.479 e. The lowest BCUT2D eigenvalue weighted by Crippen LogP contribution is -2.69. The van der Waals surface area contributed by atoms with Crippen molar-refractivity contribution in [3.63, 3.8) is 0 Å². The predicted molar refractivity (Wildman–Crippen MR) is 123 cm³/mol. The fraction of sp³-hybridized carbons (Fsp3) is 0.864. The lowest BCUT2D eigenvalue weighted by atomic mass is 9.94. The first-order valence-corrected chi connectivity index (χ1v) is 12.5. The number of aliphatic carboxylic acids is 1. The fourth-order valence-corrected chi connectivity index (χ4v) is 4.74. The van der Waals surface area contributed by atoms with E-state index in [-0.39, 0.29) is 0 Å². The normalized spacial score (nSPS) is 45.1. The van der Waals surface area contributed by atoms with Gasteiger partial charge in [-0.05, 0) is 0 Å². The van der Waals surface area contributed by atoms with Gasteiger partial charge >= 0.3 is 11.9 Å². The Morgan fingerprint density at radius 1 is 0.707 bits per heavy atom. The van der Waals surface area contributed by atoms with Gasteiger partial charge < -0.3 is 79.7 Å². The molecule has 0 saturated carbocycles. The molecule has 0 aromatic rings. The van der Waals surface area contributed by atoms with Crippen LogP contribution in [0.2, 0.25) is 0 Å². The van der Waals surface area contributed by atoms with Crippen molar-refractivity contribution >= 4 is 17.8 Å². The highest BCUT2D eigenvalue weighted by Gasteiger charge is 2.56. The smallest absolute Gasteiger partial charge is 0.336 e. The maximum Gasteiger partial charge on any atom is 0.336 e. The summed E-state index contributed by atoms with van der Waals surface area (Å²) in [4.78, 5) is 35.7. The molecular weight excluding hydrogens is 566 g/mol. The molecule has 3 rings (SSSR count). The van der Waals surface area contributed by atoms with Crippen molar-refractivity contribution < 1.29 is 88.8 Å². The molecule has 3 heterocycles. The number of esters is 1. The number of hydrogen-bond donors (Lipinski definition) is 10. The van der Waals surface area contributed by atoms with E-state index >= 15 is 0 Å². The van der Waals surface area contributed by atoms with Gasteiger partial charge in [0, 0.05) is 13.8 Å². The topological polar surface area (TPSA) is 301 Å². The van der Waals surface area contributed by atoms with Crippen molar-refractivity contribution in [1.29, 1.82) is 0 Å². The van der Waals surface area contributed by atoms with E-state index in [1.165, 1.54) is 0 Å². The third-order valence-corrected chi connectivity index (χ3v) is 6.74. The monoisotopic (exact) mass is 601 g/mol. The number of carbonyl (C=O) groups excluding carboxylic acids is 2. The molecule has 3 aliphatic heterocycles. The molecule has 3 aliphatic rings. The summed E-state index contributed by atoms with van der Waals surface area (Å²) in [5.41, 5.74) is 0. The quantitative estimate of drug-likeness (QED) is 0.110. The summed E-state index contributed by atoms with van der Waals surface area (Å²) < 4.78 is 31.9. The molecule has 1 amide bonds. The second-order valence-corrected chi connectivity index (χ2v) is 9.69. The van der Waals surface area contributed by atoms with Crippen molar-refractivity contribution in [2.45, 2.75) is 106 Å². The first-order chi connectivity index (χ1) is 19.2. The number of hydrogen-bond acceptors (Lipinski definition) is 17. The van der Waals surface area contributed by atoms with E-state index in [2.05, 4.69) is 5.32 Å². The molecule has 0 unspecified atom stereocenters. The van der Waals surface area contributed by atoms with Crippen LogP contribution in [0.1, 0.15) is 13.8 Å². The number of carboxylic acids is 1. The number of rotatable bonds is 9. The van der Waals surface area contributed by atoms with E-state index < -0.39 is 123 Å². The molecule has 15 atom stereocenters. The molecule has 0 spiro atoms. The number of aliphatic hydroxyl groups is 8. The van der Waals surface area contributed by atoms with Crippen LogP contribution in [0.15, 0.2) is 0 Å². The van der Waals surface area contributed by atoms with Crippen LogP contribution in [0.3, 0.4) is 0 Å². The van der Waals surface area contributed by atoms with Gasteiger partial charge in [0.05, 0.1) is 13.2 Å². The molecule has 19 heteroatoms. The van der Waals surface area contributed by atoms with E-state index in [9.17, 15) is 60.3 Å². The van der Waals surface area contributed by atoms with E-state index in [1.54, 1.807) is 0 Å². The highest BCUT2D eigenvalue weighted by molar-refractivity contribution is 5.75. The van der Waals surface area contributed by atoms with Gasteiger partial charge in [0.1, 0.15) is 61.0 Å². The van der Waals surface area contributed by atoms with Crippen molar-refractivity contribution in [2.24, 2.45) is 0 Å². The average Bonchev–Trinajstić information content (AvgIpc) is 2.90. The molecule has 0 aromatic carbocycles. The van der Waals surface area contributed by atoms with Gasteiger partial charge in [0.25, 0.3) is 0 Å². The van der Waals surface area contributed by atoms with Gasteiger partial charge in [0.2, 0.25) is 5.91 Å². The van der Waals surface area contributed by atoms with Crippen LogP contribution < -0.4 is 5.32 Å². The Morgan fingerprint density at radius 3 is 1.80 bits per heavy atom. The summed E-state index contributed by atoms with van der Waals surface area (Å²) >= 11 is 0. The Kier molecular flexibility index (Phi) is 11.3. The number of carbonyl (C=O) groups is 3. The zero-order chi connectivity index (χ0) is 30.8. The summed E-state index contributed by atoms with van der Waals surface area (Å²) in [6.07, 6.45) is -26.1. The first kappa shape index (κ1) is 33.4. The van der Waals surface area contributed by atoms with E-state index in [4.69, 9.17) is 28.4 Å². The van der Waals surface area contributed by atoms with E-state index in [0.29, 0.717) is 0 Å². The molecule has 0 aliphatic carbocycles. The van der Waals surface area contributed by atoms with Gasteiger partial charge in [-0.2, -0.15) is 0 Å². The van der Waals surface area contributed by atoms with E-state index in [1.807, 2.05) is 0 Å². The average molecular weight is 602 g/mol. The van der Waals surface area contributed by atoms with Crippen LogP contribution in [0.5, 0.6) is 0 Å². The molecule has 0 bridgehead atoms. The Labute approximate surface area is 231 Å². The maximum atomic E-state index is 12.1. The number of ether oxygens (including phenoxy) is 6. The SMILES string of the molecule is CC(=O)N[C@@H]1[C@@H](O[C@H]2O[C@H](C(=O)O)[C@H](OC(C)=O)[C@H](O[C@H]3O[C@H](CO)[C@H](O)[C@H](O)[C@H]3O)[C@H]2O)[C@@H](O)[C@@H](CO)O[C@H]1O. The molecule has 3 saturated heterocycles. The van der Waals surface area contributed by atoms with Crippen LogP contribution in [0.4, 0.5) is 0 Å². The van der Waals surface area contributed by atoms with Crippen LogP contribution >= 0.6 is 0 Å². The van der Waals surface area contributed by atoms with Crippen molar-refractivity contribution in [3.05, 3.63) is 0 Å². The van der Waals surface area contributed by atoms with Gasteiger partial charge in [-0.15, -0.1) is 0 Å². The highest BCUT2D eigenvalue weighted by Crippen LogP contribution is 2.33. The number of amides is 1. The largest absolute Gasteiger partial charge is 0.479 e. The number of aliphatic hydroxyl groups excluding tert-OH is 8. The molecule has 236 valence electrons. The molecular formula is C22H35NO18. The molecule has 0 aromatic heterocycles. The molecule has 19 nitrogen and oxygen atoms in total. The van der Waals surface area contributed by atoms with Crippen LogP contribution in [0.25, 0.3) is 0 Å². The van der Waals surface area contributed by atoms with Gasteiger partial charge in [0.15, 0.2) is 31.1 Å². The third-order valence-electron chi connectivity index (χ3n) is 6.74. The van der Waals surface area contributed by atoms with Crippen LogP contribution in [-0.4, -0.2) is 169 Å². The minimum atomic E-state index is -2.13. The Bertz CT molecular complexity index is 921. The van der Waals surface area contributed by atoms with Gasteiger partial charge in [-0.3, -0.25) is 9.59 Å². The summed E-state index contributed by atoms with van der Waals surface area (Å²) in [6.45, 7) is 0.299. The Balaban J connectivity index is 1.96. The molecule has 41 heavy (non-hydrogen) atoms. The van der Waals surface area contributed by atoms with Crippen molar-refractivity contribution in [3.8, 4) is 0 Å². The van der Waals surface area contributed by atoms with Gasteiger partial charge in [-0.25, -0.2) is 4.79 Å². The zero-order valence-corrected chi connectivity index (χ0v) is 21.8. The number of carboxylic acid groups (broad SMARTS) is 1. The fourth-order valence-electron chi connectivity index (χ4n) is 4.74. The Hall–Kier alpha value is -2.11. The second-order valence-electron chi connectivity index (χ2n) is 9.69. The van der Waals surface area contributed by atoms with Crippen LogP contribution in [0, 0.1) is 0 Å². The highest BCUT2D eigenvalue weighted by atomic mass is 16.8. The lowest BCUT2D eigenvalue weighted by Gasteiger charge is -2.48. The summed E-state index contributed by atoms with van der Waals surface area (Å²) in [6, 6.07) is -1.53. The molecule has 3 fully saturated rings. The van der Waals surface area contributed by atoms with Crippen LogP contribution in [-0.2, 0) is 42.8 Å².